The Labute approximate surface area is 119 Å². The van der Waals surface area contributed by atoms with Crippen LogP contribution in [0.3, 0.4) is 0 Å². The Morgan fingerprint density at radius 2 is 2.15 bits per heavy atom. The van der Waals surface area contributed by atoms with E-state index in [0.29, 0.717) is 5.92 Å². The third kappa shape index (κ3) is 2.79. The first-order chi connectivity index (χ1) is 9.72. The van der Waals surface area contributed by atoms with E-state index in [-0.39, 0.29) is 0 Å². The van der Waals surface area contributed by atoms with Crippen LogP contribution in [0, 0.1) is 6.92 Å². The molecule has 20 heavy (non-hydrogen) atoms. The molecule has 0 saturated heterocycles. The second-order valence-electron chi connectivity index (χ2n) is 5.58. The molecular weight excluding hydrogens is 248 g/mol. The molecule has 1 fully saturated rings. The Bertz CT molecular complexity index is 578. The fourth-order valence-electron chi connectivity index (χ4n) is 2.50. The molecule has 0 amide bonds. The number of aromatic nitrogens is 3. The van der Waals surface area contributed by atoms with Crippen LogP contribution in [0.2, 0.25) is 0 Å². The normalized spacial score (nSPS) is 14.9. The molecule has 0 radical (unpaired) electrons. The Morgan fingerprint density at radius 3 is 2.80 bits per heavy atom. The minimum atomic E-state index is 0.641. The van der Waals surface area contributed by atoms with E-state index >= 15 is 0 Å². The zero-order valence-electron chi connectivity index (χ0n) is 12.1. The molecule has 2 aromatic heterocycles. The summed E-state index contributed by atoms with van der Waals surface area (Å²) in [7, 11) is 2.03. The Morgan fingerprint density at radius 1 is 1.30 bits per heavy atom. The van der Waals surface area contributed by atoms with Crippen LogP contribution in [0.4, 0.5) is 5.95 Å². The van der Waals surface area contributed by atoms with E-state index in [4.69, 9.17) is 4.98 Å². The summed E-state index contributed by atoms with van der Waals surface area (Å²) in [5.74, 6) is 1.46. The van der Waals surface area contributed by atoms with Gasteiger partial charge in [-0.1, -0.05) is 12.5 Å². The number of aryl methyl sites for hydroxylation is 1. The minimum Gasteiger partial charge on any atom is -0.339 e. The van der Waals surface area contributed by atoms with Gasteiger partial charge < -0.3 is 4.90 Å². The number of pyridine rings is 1. The number of hydrogen-bond acceptors (Lipinski definition) is 4. The van der Waals surface area contributed by atoms with Crippen molar-refractivity contribution in [2.45, 2.75) is 38.6 Å². The molecule has 0 unspecified atom stereocenters. The first kappa shape index (κ1) is 13.0. The number of rotatable bonds is 4. The molecular formula is C16H20N4. The molecule has 0 bridgehead atoms. The lowest BCUT2D eigenvalue weighted by molar-refractivity contribution is 0.410. The molecule has 2 aromatic rings. The summed E-state index contributed by atoms with van der Waals surface area (Å²) < 4.78 is 0. The quantitative estimate of drug-likeness (QED) is 0.854. The van der Waals surface area contributed by atoms with Crippen LogP contribution in [0.1, 0.15) is 42.1 Å². The summed E-state index contributed by atoms with van der Waals surface area (Å²) in [6, 6.07) is 6.16. The van der Waals surface area contributed by atoms with Crippen molar-refractivity contribution in [1.29, 1.82) is 0 Å². The molecule has 1 aliphatic rings. The summed E-state index contributed by atoms with van der Waals surface area (Å²) in [6.07, 6.45) is 7.54. The molecule has 0 spiro atoms. The van der Waals surface area contributed by atoms with Gasteiger partial charge in [0.25, 0.3) is 0 Å². The van der Waals surface area contributed by atoms with Crippen LogP contribution in [0.5, 0.6) is 0 Å². The van der Waals surface area contributed by atoms with Crippen molar-refractivity contribution in [2.75, 3.05) is 11.9 Å². The second-order valence-corrected chi connectivity index (χ2v) is 5.58. The van der Waals surface area contributed by atoms with Crippen LogP contribution in [-0.4, -0.2) is 22.0 Å². The topological polar surface area (TPSA) is 41.9 Å². The Balaban J connectivity index is 1.80. The molecule has 4 heteroatoms. The van der Waals surface area contributed by atoms with E-state index in [1.165, 1.54) is 30.5 Å². The maximum absolute atomic E-state index is 4.75. The third-order valence-electron chi connectivity index (χ3n) is 3.87. The Hall–Kier alpha value is -1.97. The molecule has 104 valence electrons. The van der Waals surface area contributed by atoms with Gasteiger partial charge in [0.15, 0.2) is 0 Å². The summed E-state index contributed by atoms with van der Waals surface area (Å²) in [5.41, 5.74) is 3.43. The lowest BCUT2D eigenvalue weighted by atomic mass is 9.83. The average molecular weight is 268 g/mol. The zero-order chi connectivity index (χ0) is 13.9. The fourth-order valence-corrected chi connectivity index (χ4v) is 2.50. The van der Waals surface area contributed by atoms with Crippen LogP contribution >= 0.6 is 0 Å². The van der Waals surface area contributed by atoms with Crippen LogP contribution in [0.25, 0.3) is 0 Å². The number of nitrogens with zero attached hydrogens (tertiary/aromatic N) is 4. The van der Waals surface area contributed by atoms with Gasteiger partial charge in [0.05, 0.1) is 0 Å². The fraction of sp³-hybridized carbons (Fsp3) is 0.438. The van der Waals surface area contributed by atoms with Gasteiger partial charge in [-0.25, -0.2) is 9.97 Å². The van der Waals surface area contributed by atoms with Crippen molar-refractivity contribution in [1.82, 2.24) is 15.0 Å². The third-order valence-corrected chi connectivity index (χ3v) is 3.87. The Kier molecular flexibility index (Phi) is 3.63. The van der Waals surface area contributed by atoms with Crippen molar-refractivity contribution < 1.29 is 0 Å². The number of hydrogen-bond donors (Lipinski definition) is 0. The average Bonchev–Trinajstić information content (AvgIpc) is 2.37. The maximum Gasteiger partial charge on any atom is 0.225 e. The van der Waals surface area contributed by atoms with E-state index in [1.807, 2.05) is 26.2 Å². The SMILES string of the molecule is Cc1cc(C2CCC2)nc(N(C)Cc2cccnc2)n1. The maximum atomic E-state index is 4.75. The van der Waals surface area contributed by atoms with Gasteiger partial charge in [0.1, 0.15) is 0 Å². The molecule has 1 saturated carbocycles. The molecule has 0 aliphatic heterocycles. The molecule has 0 N–H and O–H groups in total. The molecule has 2 heterocycles. The highest BCUT2D eigenvalue weighted by Gasteiger charge is 2.22. The molecule has 0 atom stereocenters. The second kappa shape index (κ2) is 5.57. The van der Waals surface area contributed by atoms with Gasteiger partial charge in [0.2, 0.25) is 5.95 Å². The van der Waals surface area contributed by atoms with Crippen LogP contribution in [0.15, 0.2) is 30.6 Å². The van der Waals surface area contributed by atoms with Gasteiger partial charge >= 0.3 is 0 Å². The summed E-state index contributed by atoms with van der Waals surface area (Å²) in [6.45, 7) is 2.83. The lowest BCUT2D eigenvalue weighted by Gasteiger charge is -2.26. The minimum absolute atomic E-state index is 0.641. The predicted octanol–water partition coefficient (Wildman–Crippen LogP) is 3.08. The lowest BCUT2D eigenvalue weighted by Crippen LogP contribution is -2.21. The van der Waals surface area contributed by atoms with E-state index in [1.54, 1.807) is 6.20 Å². The summed E-state index contributed by atoms with van der Waals surface area (Å²) in [4.78, 5) is 15.6. The molecule has 1 aliphatic carbocycles. The predicted molar refractivity (Wildman–Crippen MR) is 79.7 cm³/mol. The van der Waals surface area contributed by atoms with E-state index in [0.717, 1.165) is 18.2 Å². The standard InChI is InChI=1S/C16H20N4/c1-12-9-15(14-6-3-7-14)19-16(18-12)20(2)11-13-5-4-8-17-10-13/h4-5,8-10,14H,3,6-7,11H2,1-2H3. The van der Waals surface area contributed by atoms with E-state index < -0.39 is 0 Å². The monoisotopic (exact) mass is 268 g/mol. The molecule has 3 rings (SSSR count). The van der Waals surface area contributed by atoms with Crippen molar-refractivity contribution in [3.8, 4) is 0 Å². The van der Waals surface area contributed by atoms with E-state index in [2.05, 4.69) is 27.0 Å². The van der Waals surface area contributed by atoms with Crippen molar-refractivity contribution in [3.63, 3.8) is 0 Å². The van der Waals surface area contributed by atoms with Gasteiger partial charge in [-0.15, -0.1) is 0 Å². The van der Waals surface area contributed by atoms with E-state index in [9.17, 15) is 0 Å². The van der Waals surface area contributed by atoms with Crippen LogP contribution < -0.4 is 4.90 Å². The summed E-state index contributed by atoms with van der Waals surface area (Å²) >= 11 is 0. The first-order valence-corrected chi connectivity index (χ1v) is 7.18. The highest BCUT2D eigenvalue weighted by Crippen LogP contribution is 2.35. The van der Waals surface area contributed by atoms with Crippen molar-refractivity contribution >= 4 is 5.95 Å². The number of anilines is 1. The van der Waals surface area contributed by atoms with Crippen LogP contribution in [-0.2, 0) is 6.54 Å². The van der Waals surface area contributed by atoms with Gasteiger partial charge in [-0.3, -0.25) is 4.98 Å². The smallest absolute Gasteiger partial charge is 0.225 e. The first-order valence-electron chi connectivity index (χ1n) is 7.18. The van der Waals surface area contributed by atoms with Gasteiger partial charge in [0, 0.05) is 43.3 Å². The summed E-state index contributed by atoms with van der Waals surface area (Å²) in [5, 5.41) is 0. The molecule has 0 aromatic carbocycles. The van der Waals surface area contributed by atoms with Gasteiger partial charge in [-0.2, -0.15) is 0 Å². The largest absolute Gasteiger partial charge is 0.339 e. The van der Waals surface area contributed by atoms with Gasteiger partial charge in [-0.05, 0) is 37.5 Å². The highest BCUT2D eigenvalue weighted by atomic mass is 15.2. The zero-order valence-corrected chi connectivity index (χ0v) is 12.1. The molecule has 4 nitrogen and oxygen atoms in total. The van der Waals surface area contributed by atoms with Crippen molar-refractivity contribution in [2.24, 2.45) is 0 Å². The van der Waals surface area contributed by atoms with Crippen molar-refractivity contribution in [3.05, 3.63) is 47.5 Å². The highest BCUT2D eigenvalue weighted by molar-refractivity contribution is 5.34.